The molecular weight excluding hydrogens is 622 g/mol. The van der Waals surface area contributed by atoms with Gasteiger partial charge in [0.2, 0.25) is 11.8 Å². The van der Waals surface area contributed by atoms with Crippen LogP contribution in [0.3, 0.4) is 0 Å². The van der Waals surface area contributed by atoms with Crippen molar-refractivity contribution in [3.05, 3.63) is 64.4 Å². The number of carbonyl (C=O) groups is 3. The van der Waals surface area contributed by atoms with Crippen molar-refractivity contribution in [1.82, 2.24) is 29.6 Å². The quantitative estimate of drug-likeness (QED) is 0.197. The van der Waals surface area contributed by atoms with Crippen LogP contribution < -0.4 is 5.32 Å². The van der Waals surface area contributed by atoms with Gasteiger partial charge in [0.25, 0.3) is 0 Å². The Kier molecular flexibility index (Phi) is 10.1. The maximum Gasteiger partial charge on any atom is 0.248 e. The highest BCUT2D eigenvalue weighted by atomic mass is 79.9. The molecule has 44 heavy (non-hydrogen) atoms. The molecule has 2 amide bonds. The van der Waals surface area contributed by atoms with E-state index in [0.717, 1.165) is 55.2 Å². The minimum atomic E-state index is -0.679. The molecule has 4 heterocycles. The first kappa shape index (κ1) is 31.4. The zero-order valence-electron chi connectivity index (χ0n) is 25.5. The van der Waals surface area contributed by atoms with Crippen molar-refractivity contribution in [3.8, 4) is 11.1 Å². The first-order valence-electron chi connectivity index (χ1n) is 15.2. The number of hydrogen-bond donors (Lipinski definition) is 1. The van der Waals surface area contributed by atoms with E-state index in [-0.39, 0.29) is 29.8 Å². The van der Waals surface area contributed by atoms with Crippen LogP contribution in [-0.2, 0) is 22.6 Å². The SMILES string of the molecule is CC(=O)c1nn(CC(=O)N(C)[C@H]2CCCCCCCCCc3ccc(Br)nc3NC2=O)c2ccc(-c3cnc(C)nc3)cc12. The summed E-state index contributed by atoms with van der Waals surface area (Å²) in [5, 5.41) is 8.22. The maximum absolute atomic E-state index is 13.7. The second-order valence-electron chi connectivity index (χ2n) is 11.5. The van der Waals surface area contributed by atoms with Gasteiger partial charge in [-0.25, -0.2) is 15.0 Å². The first-order valence-corrected chi connectivity index (χ1v) is 16.0. The number of aryl methyl sites for hydroxylation is 2. The number of Topliss-reactive ketones (excluding diaryl/α,β-unsaturated/α-hetero) is 1. The summed E-state index contributed by atoms with van der Waals surface area (Å²) in [7, 11) is 1.66. The summed E-state index contributed by atoms with van der Waals surface area (Å²) in [6.07, 6.45) is 12.3. The van der Waals surface area contributed by atoms with Crippen molar-refractivity contribution in [3.63, 3.8) is 0 Å². The molecule has 3 aromatic heterocycles. The highest BCUT2D eigenvalue weighted by molar-refractivity contribution is 9.10. The Morgan fingerprint density at radius 2 is 1.70 bits per heavy atom. The molecule has 0 unspecified atom stereocenters. The molecule has 1 N–H and O–H groups in total. The Morgan fingerprint density at radius 3 is 2.43 bits per heavy atom. The number of carbonyl (C=O) groups excluding carboxylic acids is 3. The standard InChI is InChI=1S/C33H38BrN7O3/c1-21(42)31-26-17-24(25-18-35-22(2)36-19-25)13-15-27(26)41(39-31)20-30(43)40(3)28-12-10-8-6-4-5-7-9-11-23-14-16-29(34)37-32(23)38-33(28)44/h13-19,28H,4-12,20H2,1-3H3,(H,37,38,44)/t28-/m0/s1. The molecule has 0 aliphatic carbocycles. The third-order valence-corrected chi connectivity index (χ3v) is 8.70. The van der Waals surface area contributed by atoms with E-state index in [9.17, 15) is 14.4 Å². The summed E-state index contributed by atoms with van der Waals surface area (Å²) in [6, 6.07) is 8.84. The molecule has 1 atom stereocenters. The van der Waals surface area contributed by atoms with Crippen LogP contribution in [-0.4, -0.2) is 60.3 Å². The third kappa shape index (κ3) is 7.38. The normalized spacial score (nSPS) is 16.5. The number of likely N-dealkylation sites (N-methyl/N-ethyl adjacent to an activating group) is 1. The summed E-state index contributed by atoms with van der Waals surface area (Å²) >= 11 is 3.43. The fourth-order valence-corrected chi connectivity index (χ4v) is 6.02. The number of anilines is 1. The van der Waals surface area contributed by atoms with Crippen LogP contribution in [0.25, 0.3) is 22.0 Å². The van der Waals surface area contributed by atoms with Gasteiger partial charge in [0.1, 0.15) is 34.5 Å². The lowest BCUT2D eigenvalue weighted by atomic mass is 10.0. The Bertz CT molecular complexity index is 1670. The van der Waals surface area contributed by atoms with Crippen molar-refractivity contribution in [2.24, 2.45) is 0 Å². The van der Waals surface area contributed by atoms with E-state index in [1.807, 2.05) is 37.3 Å². The molecule has 1 aromatic carbocycles. The van der Waals surface area contributed by atoms with E-state index in [4.69, 9.17) is 0 Å². The summed E-state index contributed by atoms with van der Waals surface area (Å²) < 4.78 is 2.19. The zero-order valence-corrected chi connectivity index (χ0v) is 27.1. The van der Waals surface area contributed by atoms with E-state index in [2.05, 4.69) is 41.3 Å². The van der Waals surface area contributed by atoms with Crippen LogP contribution in [0, 0.1) is 6.92 Å². The topological polar surface area (TPSA) is 123 Å². The average molecular weight is 661 g/mol. The summed E-state index contributed by atoms with van der Waals surface area (Å²) in [5.41, 5.74) is 3.60. The molecule has 10 nitrogen and oxygen atoms in total. The number of pyridine rings is 1. The van der Waals surface area contributed by atoms with Crippen molar-refractivity contribution < 1.29 is 14.4 Å². The molecule has 0 bridgehead atoms. The second kappa shape index (κ2) is 14.2. The minimum Gasteiger partial charge on any atom is -0.332 e. The lowest BCUT2D eigenvalue weighted by molar-refractivity contribution is -0.137. The Morgan fingerprint density at radius 1 is 1.00 bits per heavy atom. The monoisotopic (exact) mass is 659 g/mol. The predicted molar refractivity (Wildman–Crippen MR) is 173 cm³/mol. The summed E-state index contributed by atoms with van der Waals surface area (Å²) in [4.78, 5) is 54.6. The highest BCUT2D eigenvalue weighted by Gasteiger charge is 2.29. The molecule has 0 saturated heterocycles. The fraction of sp³-hybridized carbons (Fsp3) is 0.424. The van der Waals surface area contributed by atoms with E-state index in [0.29, 0.717) is 33.6 Å². The van der Waals surface area contributed by atoms with E-state index < -0.39 is 6.04 Å². The number of aromatic nitrogens is 5. The number of ketones is 1. The molecule has 1 aliphatic rings. The molecule has 4 aromatic rings. The van der Waals surface area contributed by atoms with Gasteiger partial charge in [-0.05, 0) is 71.4 Å². The summed E-state index contributed by atoms with van der Waals surface area (Å²) in [6.45, 7) is 3.17. The molecule has 11 heteroatoms. The highest BCUT2D eigenvalue weighted by Crippen LogP contribution is 2.27. The van der Waals surface area contributed by atoms with Gasteiger partial charge in [-0.2, -0.15) is 5.10 Å². The Balaban J connectivity index is 1.40. The third-order valence-electron chi connectivity index (χ3n) is 8.26. The van der Waals surface area contributed by atoms with E-state index >= 15 is 0 Å². The molecule has 0 spiro atoms. The van der Waals surface area contributed by atoms with Gasteiger partial charge in [0.15, 0.2) is 5.78 Å². The zero-order chi connectivity index (χ0) is 31.2. The van der Waals surface area contributed by atoms with Crippen LogP contribution in [0.4, 0.5) is 5.82 Å². The maximum atomic E-state index is 13.7. The lowest BCUT2D eigenvalue weighted by Gasteiger charge is -2.28. The molecule has 0 radical (unpaired) electrons. The van der Waals surface area contributed by atoms with E-state index in [1.54, 1.807) is 24.1 Å². The fourth-order valence-electron chi connectivity index (χ4n) is 5.71. The van der Waals surface area contributed by atoms with Gasteiger partial charge in [-0.15, -0.1) is 0 Å². The van der Waals surface area contributed by atoms with E-state index in [1.165, 1.54) is 24.7 Å². The minimum absolute atomic E-state index is 0.114. The smallest absolute Gasteiger partial charge is 0.248 e. The van der Waals surface area contributed by atoms with Crippen LogP contribution >= 0.6 is 15.9 Å². The van der Waals surface area contributed by atoms with Crippen LogP contribution in [0.1, 0.15) is 80.2 Å². The molecule has 0 saturated carbocycles. The van der Waals surface area contributed by atoms with Crippen LogP contribution in [0.15, 0.2) is 47.3 Å². The number of benzene rings is 1. The van der Waals surface area contributed by atoms with Gasteiger partial charge in [0, 0.05) is 37.3 Å². The number of nitrogens with zero attached hydrogens (tertiary/aromatic N) is 6. The average Bonchev–Trinajstić information content (AvgIpc) is 3.36. The van der Waals surface area contributed by atoms with Gasteiger partial charge >= 0.3 is 0 Å². The van der Waals surface area contributed by atoms with Gasteiger partial charge in [-0.3, -0.25) is 19.1 Å². The van der Waals surface area contributed by atoms with Gasteiger partial charge in [-0.1, -0.05) is 50.7 Å². The molecule has 230 valence electrons. The number of nitrogens with one attached hydrogen (secondary N) is 1. The lowest BCUT2D eigenvalue weighted by Crippen LogP contribution is -2.46. The number of amides is 2. The summed E-state index contributed by atoms with van der Waals surface area (Å²) in [5.74, 6) is 0.471. The Hall–Kier alpha value is -3.99. The number of halogens is 1. The number of hydrogen-bond acceptors (Lipinski definition) is 7. The first-order chi connectivity index (χ1) is 21.2. The van der Waals surface area contributed by atoms with Crippen LogP contribution in [0.2, 0.25) is 0 Å². The van der Waals surface area contributed by atoms with Crippen LogP contribution in [0.5, 0.6) is 0 Å². The molecular formula is C33H38BrN7O3. The largest absolute Gasteiger partial charge is 0.332 e. The Labute approximate surface area is 265 Å². The van der Waals surface area contributed by atoms with Crippen molar-refractivity contribution in [1.29, 1.82) is 0 Å². The van der Waals surface area contributed by atoms with Crippen molar-refractivity contribution >= 4 is 50.2 Å². The molecule has 1 aliphatic heterocycles. The van der Waals surface area contributed by atoms with Crippen molar-refractivity contribution in [2.45, 2.75) is 84.2 Å². The van der Waals surface area contributed by atoms with Gasteiger partial charge in [0.05, 0.1) is 5.52 Å². The molecule has 0 fully saturated rings. The second-order valence-corrected chi connectivity index (χ2v) is 12.3. The van der Waals surface area contributed by atoms with Crippen molar-refractivity contribution in [2.75, 3.05) is 12.4 Å². The van der Waals surface area contributed by atoms with Gasteiger partial charge < -0.3 is 10.2 Å². The predicted octanol–water partition coefficient (Wildman–Crippen LogP) is 6.30. The molecule has 5 rings (SSSR count). The number of rotatable bonds is 5. The number of fused-ring (bicyclic) bond motifs is 2.